The maximum absolute atomic E-state index is 5.54. The zero-order valence-corrected chi connectivity index (χ0v) is 14.2. The van der Waals surface area contributed by atoms with Crippen molar-refractivity contribution in [3.8, 4) is 11.5 Å². The van der Waals surface area contributed by atoms with E-state index in [-0.39, 0.29) is 0 Å². The number of pyridine rings is 1. The normalized spacial score (nSPS) is 16.2. The molecule has 1 aromatic heterocycles. The second-order valence-electron chi connectivity index (χ2n) is 6.20. The van der Waals surface area contributed by atoms with E-state index < -0.39 is 0 Å². The average Bonchev–Trinajstić information content (AvgIpc) is 3.16. The fraction of sp³-hybridized carbons (Fsp3) is 0.421. The molecule has 0 bridgehead atoms. The molecule has 25 heavy (non-hydrogen) atoms. The number of benzene rings is 1. The molecule has 132 valence electrons. The lowest BCUT2D eigenvalue weighted by Crippen LogP contribution is -2.36. The first kappa shape index (κ1) is 16.2. The SMILES string of the molecule is c1cc(CNCCc2ccnc(N3CCOCC3)c2)c2c(c1)OCO2. The number of hydrogen-bond donors (Lipinski definition) is 1. The third-order valence-electron chi connectivity index (χ3n) is 4.53. The van der Waals surface area contributed by atoms with E-state index >= 15 is 0 Å². The van der Waals surface area contributed by atoms with Gasteiger partial charge in [-0.05, 0) is 36.7 Å². The molecule has 0 spiro atoms. The first-order valence-electron chi connectivity index (χ1n) is 8.76. The van der Waals surface area contributed by atoms with Gasteiger partial charge in [0.25, 0.3) is 0 Å². The van der Waals surface area contributed by atoms with Gasteiger partial charge in [-0.25, -0.2) is 4.98 Å². The van der Waals surface area contributed by atoms with Crippen molar-refractivity contribution in [1.82, 2.24) is 10.3 Å². The maximum atomic E-state index is 5.54. The number of fused-ring (bicyclic) bond motifs is 1. The molecule has 1 fully saturated rings. The van der Waals surface area contributed by atoms with Crippen LogP contribution in [0.2, 0.25) is 0 Å². The first-order valence-corrected chi connectivity index (χ1v) is 8.76. The number of anilines is 1. The Morgan fingerprint density at radius 3 is 2.96 bits per heavy atom. The summed E-state index contributed by atoms with van der Waals surface area (Å²) < 4.78 is 16.4. The van der Waals surface area contributed by atoms with Crippen LogP contribution in [0.15, 0.2) is 36.5 Å². The van der Waals surface area contributed by atoms with Crippen LogP contribution < -0.4 is 19.7 Å². The van der Waals surface area contributed by atoms with Crippen molar-refractivity contribution in [3.05, 3.63) is 47.7 Å². The molecule has 0 aliphatic carbocycles. The zero-order chi connectivity index (χ0) is 16.9. The standard InChI is InChI=1S/C19H23N3O3/c1-2-16(19-17(3-1)24-14-25-19)13-20-6-4-15-5-7-21-18(12-15)22-8-10-23-11-9-22/h1-3,5,7,12,20H,4,6,8-11,13-14H2. The molecular formula is C19H23N3O3. The van der Waals surface area contributed by atoms with E-state index in [0.29, 0.717) is 6.79 Å². The molecule has 6 heteroatoms. The second kappa shape index (κ2) is 7.72. The van der Waals surface area contributed by atoms with Crippen molar-refractivity contribution < 1.29 is 14.2 Å². The smallest absolute Gasteiger partial charge is 0.231 e. The van der Waals surface area contributed by atoms with Gasteiger partial charge in [-0.1, -0.05) is 12.1 Å². The predicted molar refractivity (Wildman–Crippen MR) is 95.2 cm³/mol. The molecule has 2 aliphatic rings. The van der Waals surface area contributed by atoms with Gasteiger partial charge in [0, 0.05) is 31.4 Å². The number of aromatic nitrogens is 1. The highest BCUT2D eigenvalue weighted by Gasteiger charge is 2.16. The molecule has 4 rings (SSSR count). The van der Waals surface area contributed by atoms with Crippen LogP contribution in [0.4, 0.5) is 5.82 Å². The van der Waals surface area contributed by atoms with Crippen LogP contribution in [-0.2, 0) is 17.7 Å². The lowest BCUT2D eigenvalue weighted by Gasteiger charge is -2.28. The van der Waals surface area contributed by atoms with E-state index in [9.17, 15) is 0 Å². The fourth-order valence-corrected chi connectivity index (χ4v) is 3.17. The molecule has 0 amide bonds. The summed E-state index contributed by atoms with van der Waals surface area (Å²) in [6, 6.07) is 10.3. The van der Waals surface area contributed by atoms with Gasteiger partial charge in [0.15, 0.2) is 11.5 Å². The predicted octanol–water partition coefficient (Wildman–Crippen LogP) is 1.98. The van der Waals surface area contributed by atoms with Crippen LogP contribution in [-0.4, -0.2) is 44.6 Å². The molecule has 0 saturated carbocycles. The molecule has 1 saturated heterocycles. The first-order chi connectivity index (χ1) is 12.4. The number of rotatable bonds is 6. The minimum atomic E-state index is 0.313. The number of nitrogens with one attached hydrogen (secondary N) is 1. The second-order valence-corrected chi connectivity index (χ2v) is 6.20. The topological polar surface area (TPSA) is 55.9 Å². The molecule has 1 N–H and O–H groups in total. The lowest BCUT2D eigenvalue weighted by molar-refractivity contribution is 0.122. The summed E-state index contributed by atoms with van der Waals surface area (Å²) >= 11 is 0. The third kappa shape index (κ3) is 3.86. The minimum absolute atomic E-state index is 0.313. The van der Waals surface area contributed by atoms with Crippen molar-refractivity contribution >= 4 is 5.82 Å². The molecule has 0 unspecified atom stereocenters. The van der Waals surface area contributed by atoms with Gasteiger partial charge < -0.3 is 24.4 Å². The Morgan fingerprint density at radius 2 is 2.04 bits per heavy atom. The van der Waals surface area contributed by atoms with Gasteiger partial charge >= 0.3 is 0 Å². The van der Waals surface area contributed by atoms with Crippen molar-refractivity contribution in [2.45, 2.75) is 13.0 Å². The quantitative estimate of drug-likeness (QED) is 0.811. The van der Waals surface area contributed by atoms with E-state index in [4.69, 9.17) is 14.2 Å². The highest BCUT2D eigenvalue weighted by molar-refractivity contribution is 5.48. The van der Waals surface area contributed by atoms with Crippen LogP contribution in [0.5, 0.6) is 11.5 Å². The third-order valence-corrected chi connectivity index (χ3v) is 4.53. The Kier molecular flexibility index (Phi) is 4.99. The molecule has 3 heterocycles. The van der Waals surface area contributed by atoms with Gasteiger partial charge in [0.05, 0.1) is 13.2 Å². The largest absolute Gasteiger partial charge is 0.454 e. The van der Waals surface area contributed by atoms with Crippen molar-refractivity contribution in [3.63, 3.8) is 0 Å². The lowest BCUT2D eigenvalue weighted by atomic mass is 10.1. The van der Waals surface area contributed by atoms with Gasteiger partial charge in [-0.3, -0.25) is 0 Å². The van der Waals surface area contributed by atoms with Gasteiger partial charge in [-0.2, -0.15) is 0 Å². The summed E-state index contributed by atoms with van der Waals surface area (Å²) in [5.41, 5.74) is 2.43. The molecule has 0 radical (unpaired) electrons. The molecule has 2 aliphatic heterocycles. The summed E-state index contributed by atoms with van der Waals surface area (Å²) in [6.07, 6.45) is 2.86. The van der Waals surface area contributed by atoms with E-state index in [2.05, 4.69) is 33.4 Å². The van der Waals surface area contributed by atoms with E-state index in [0.717, 1.165) is 68.7 Å². The Labute approximate surface area is 147 Å². The zero-order valence-electron chi connectivity index (χ0n) is 14.2. The van der Waals surface area contributed by atoms with Crippen molar-refractivity contribution in [2.24, 2.45) is 0 Å². The Morgan fingerprint density at radius 1 is 1.12 bits per heavy atom. The highest BCUT2D eigenvalue weighted by atomic mass is 16.7. The Hall–Kier alpha value is -2.31. The molecular weight excluding hydrogens is 318 g/mol. The van der Waals surface area contributed by atoms with Crippen molar-refractivity contribution in [2.75, 3.05) is 44.5 Å². The highest BCUT2D eigenvalue weighted by Crippen LogP contribution is 2.35. The Balaban J connectivity index is 1.30. The van der Waals surface area contributed by atoms with Crippen LogP contribution in [0.1, 0.15) is 11.1 Å². The number of para-hydroxylation sites is 1. The Bertz CT molecular complexity index is 717. The summed E-state index contributed by atoms with van der Waals surface area (Å²) in [6.45, 7) is 5.37. The number of ether oxygens (including phenoxy) is 3. The number of morpholine rings is 1. The molecule has 6 nitrogen and oxygen atoms in total. The van der Waals surface area contributed by atoms with Gasteiger partial charge in [0.2, 0.25) is 6.79 Å². The summed E-state index contributed by atoms with van der Waals surface area (Å²) in [4.78, 5) is 6.78. The van der Waals surface area contributed by atoms with Crippen LogP contribution in [0.3, 0.4) is 0 Å². The fourth-order valence-electron chi connectivity index (χ4n) is 3.17. The van der Waals surface area contributed by atoms with Crippen molar-refractivity contribution in [1.29, 1.82) is 0 Å². The number of nitrogens with zero attached hydrogens (tertiary/aromatic N) is 2. The number of hydrogen-bond acceptors (Lipinski definition) is 6. The summed E-state index contributed by atoms with van der Waals surface area (Å²) in [7, 11) is 0. The van der Waals surface area contributed by atoms with Crippen LogP contribution in [0, 0.1) is 0 Å². The summed E-state index contributed by atoms with van der Waals surface area (Å²) in [5.74, 6) is 2.75. The molecule has 1 aromatic carbocycles. The van der Waals surface area contributed by atoms with Gasteiger partial charge in [0.1, 0.15) is 5.82 Å². The monoisotopic (exact) mass is 341 g/mol. The molecule has 0 atom stereocenters. The summed E-state index contributed by atoms with van der Waals surface area (Å²) in [5, 5.41) is 3.49. The minimum Gasteiger partial charge on any atom is -0.454 e. The van der Waals surface area contributed by atoms with E-state index in [1.807, 2.05) is 18.3 Å². The molecule has 2 aromatic rings. The van der Waals surface area contributed by atoms with E-state index in [1.54, 1.807) is 0 Å². The average molecular weight is 341 g/mol. The van der Waals surface area contributed by atoms with E-state index in [1.165, 1.54) is 5.56 Å². The van der Waals surface area contributed by atoms with Crippen LogP contribution >= 0.6 is 0 Å². The van der Waals surface area contributed by atoms with Gasteiger partial charge in [-0.15, -0.1) is 0 Å². The maximum Gasteiger partial charge on any atom is 0.231 e. The van der Waals surface area contributed by atoms with Crippen LogP contribution in [0.25, 0.3) is 0 Å².